The van der Waals surface area contributed by atoms with Crippen molar-refractivity contribution in [1.82, 2.24) is 0 Å². The Labute approximate surface area is 93.4 Å². The van der Waals surface area contributed by atoms with Gasteiger partial charge in [-0.05, 0) is 13.0 Å². The number of nitro benzene ring substituents is 1. The van der Waals surface area contributed by atoms with Gasteiger partial charge in [0.1, 0.15) is 6.61 Å². The van der Waals surface area contributed by atoms with Crippen LogP contribution in [0.3, 0.4) is 0 Å². The number of hydrogen-bond donors (Lipinski definition) is 0. The number of nitro groups is 1. The Morgan fingerprint density at radius 2 is 2.19 bits per heavy atom. The van der Waals surface area contributed by atoms with Crippen LogP contribution in [0.5, 0.6) is 11.5 Å². The van der Waals surface area contributed by atoms with Crippen LogP contribution in [0.15, 0.2) is 30.9 Å². The topological polar surface area (TPSA) is 61.6 Å². The summed E-state index contributed by atoms with van der Waals surface area (Å²) >= 11 is 0. The summed E-state index contributed by atoms with van der Waals surface area (Å²) in [6, 6.07) is 4.25. The van der Waals surface area contributed by atoms with Gasteiger partial charge in [0.15, 0.2) is 11.5 Å². The molecule has 0 atom stereocenters. The van der Waals surface area contributed by atoms with E-state index in [9.17, 15) is 10.1 Å². The van der Waals surface area contributed by atoms with Gasteiger partial charge >= 0.3 is 0 Å². The highest BCUT2D eigenvalue weighted by molar-refractivity contribution is 5.48. The van der Waals surface area contributed by atoms with Crippen LogP contribution in [0.25, 0.3) is 0 Å². The van der Waals surface area contributed by atoms with Gasteiger partial charge in [-0.2, -0.15) is 0 Å². The molecule has 0 saturated heterocycles. The fourth-order valence-corrected chi connectivity index (χ4v) is 1.15. The van der Waals surface area contributed by atoms with Crippen LogP contribution in [-0.2, 0) is 0 Å². The maximum Gasteiger partial charge on any atom is 0.273 e. The molecule has 0 aliphatic carbocycles. The summed E-state index contributed by atoms with van der Waals surface area (Å²) in [6.45, 7) is 6.09. The van der Waals surface area contributed by atoms with E-state index >= 15 is 0 Å². The van der Waals surface area contributed by atoms with Crippen molar-refractivity contribution in [2.75, 3.05) is 13.2 Å². The second-order valence-corrected chi connectivity index (χ2v) is 2.92. The smallest absolute Gasteiger partial charge is 0.273 e. The first-order chi connectivity index (χ1) is 7.69. The molecule has 0 radical (unpaired) electrons. The van der Waals surface area contributed by atoms with Gasteiger partial charge < -0.3 is 9.47 Å². The molecule has 0 saturated carbocycles. The van der Waals surface area contributed by atoms with Crippen molar-refractivity contribution < 1.29 is 14.4 Å². The van der Waals surface area contributed by atoms with Crippen molar-refractivity contribution in [2.24, 2.45) is 0 Å². The van der Waals surface area contributed by atoms with Crippen LogP contribution in [-0.4, -0.2) is 18.1 Å². The van der Waals surface area contributed by atoms with Crippen molar-refractivity contribution in [1.29, 1.82) is 0 Å². The average Bonchev–Trinajstić information content (AvgIpc) is 2.27. The summed E-state index contributed by atoms with van der Waals surface area (Å²) in [4.78, 5) is 10.1. The molecule has 0 aliphatic heterocycles. The molecule has 5 heteroatoms. The van der Waals surface area contributed by atoms with E-state index in [-0.39, 0.29) is 12.3 Å². The zero-order valence-corrected chi connectivity index (χ0v) is 9.01. The van der Waals surface area contributed by atoms with Gasteiger partial charge in [-0.25, -0.2) is 0 Å². The summed E-state index contributed by atoms with van der Waals surface area (Å²) in [7, 11) is 0. The number of benzene rings is 1. The van der Waals surface area contributed by atoms with Crippen molar-refractivity contribution in [2.45, 2.75) is 6.92 Å². The van der Waals surface area contributed by atoms with Gasteiger partial charge in [-0.1, -0.05) is 12.7 Å². The lowest BCUT2D eigenvalue weighted by molar-refractivity contribution is -0.385. The molecule has 86 valence electrons. The highest BCUT2D eigenvalue weighted by Gasteiger charge is 2.12. The monoisotopic (exact) mass is 223 g/mol. The largest absolute Gasteiger partial charge is 0.490 e. The summed E-state index contributed by atoms with van der Waals surface area (Å²) in [5, 5.41) is 10.6. The number of non-ortho nitro benzene ring substituents is 1. The van der Waals surface area contributed by atoms with Gasteiger partial charge in [0.2, 0.25) is 0 Å². The SMILES string of the molecule is C=CCOc1cc([N+](=O)[O-])ccc1OCC. The molecule has 0 spiro atoms. The predicted molar refractivity (Wildman–Crippen MR) is 60.0 cm³/mol. The zero-order chi connectivity index (χ0) is 12.0. The first-order valence-corrected chi connectivity index (χ1v) is 4.84. The highest BCUT2D eigenvalue weighted by Crippen LogP contribution is 2.31. The van der Waals surface area contributed by atoms with Crippen molar-refractivity contribution in [3.05, 3.63) is 41.0 Å². The highest BCUT2D eigenvalue weighted by atomic mass is 16.6. The Morgan fingerprint density at radius 3 is 2.75 bits per heavy atom. The fourth-order valence-electron chi connectivity index (χ4n) is 1.15. The first-order valence-electron chi connectivity index (χ1n) is 4.84. The summed E-state index contributed by atoms with van der Waals surface area (Å²) in [6.07, 6.45) is 1.56. The second kappa shape index (κ2) is 5.75. The molecule has 0 fully saturated rings. The lowest BCUT2D eigenvalue weighted by atomic mass is 10.3. The molecular formula is C11H13NO4. The average molecular weight is 223 g/mol. The Hall–Kier alpha value is -2.04. The molecule has 0 N–H and O–H groups in total. The van der Waals surface area contributed by atoms with Gasteiger partial charge in [0.05, 0.1) is 17.6 Å². The van der Waals surface area contributed by atoms with Crippen LogP contribution < -0.4 is 9.47 Å². The van der Waals surface area contributed by atoms with Crippen LogP contribution in [0, 0.1) is 10.1 Å². The maximum absolute atomic E-state index is 10.6. The molecule has 1 rings (SSSR count). The van der Waals surface area contributed by atoms with Gasteiger partial charge in [-0.15, -0.1) is 0 Å². The minimum atomic E-state index is -0.476. The third-order valence-corrected chi connectivity index (χ3v) is 1.79. The Morgan fingerprint density at radius 1 is 1.44 bits per heavy atom. The molecule has 0 aromatic heterocycles. The molecular weight excluding hydrogens is 210 g/mol. The predicted octanol–water partition coefficient (Wildman–Crippen LogP) is 2.56. The van der Waals surface area contributed by atoms with Crippen LogP contribution >= 0.6 is 0 Å². The molecule has 0 amide bonds. The maximum atomic E-state index is 10.6. The molecule has 16 heavy (non-hydrogen) atoms. The normalized spacial score (nSPS) is 9.56. The second-order valence-electron chi connectivity index (χ2n) is 2.92. The van der Waals surface area contributed by atoms with E-state index in [2.05, 4.69) is 6.58 Å². The summed E-state index contributed by atoms with van der Waals surface area (Å²) in [5.41, 5.74) is -0.0254. The first kappa shape index (κ1) is 12.0. The lowest BCUT2D eigenvalue weighted by Crippen LogP contribution is -1.99. The van der Waals surface area contributed by atoms with Crippen LogP contribution in [0.2, 0.25) is 0 Å². The number of ether oxygens (including phenoxy) is 2. The Kier molecular flexibility index (Phi) is 4.32. The third kappa shape index (κ3) is 2.98. The quantitative estimate of drug-likeness (QED) is 0.422. The van der Waals surface area contributed by atoms with Crippen molar-refractivity contribution in [3.63, 3.8) is 0 Å². The third-order valence-electron chi connectivity index (χ3n) is 1.79. The summed E-state index contributed by atoms with van der Waals surface area (Å²) in [5.74, 6) is 0.853. The molecule has 0 unspecified atom stereocenters. The number of hydrogen-bond acceptors (Lipinski definition) is 4. The standard InChI is InChI=1S/C11H13NO4/c1-3-7-16-11-8-9(12(13)14)5-6-10(11)15-4-2/h3,5-6,8H,1,4,7H2,2H3. The molecule has 0 heterocycles. The van der Waals surface area contributed by atoms with E-state index in [0.717, 1.165) is 0 Å². The molecule has 0 bridgehead atoms. The van der Waals surface area contributed by atoms with Crippen LogP contribution in [0.4, 0.5) is 5.69 Å². The molecule has 5 nitrogen and oxygen atoms in total. The Balaban J connectivity index is 2.99. The lowest BCUT2D eigenvalue weighted by Gasteiger charge is -2.09. The van der Waals surface area contributed by atoms with E-state index in [0.29, 0.717) is 18.1 Å². The fraction of sp³-hybridized carbons (Fsp3) is 0.273. The minimum Gasteiger partial charge on any atom is -0.490 e. The van der Waals surface area contributed by atoms with E-state index in [1.807, 2.05) is 6.92 Å². The Bertz CT molecular complexity index is 390. The summed E-state index contributed by atoms with van der Waals surface area (Å²) < 4.78 is 10.6. The number of nitrogens with zero attached hydrogens (tertiary/aromatic N) is 1. The van der Waals surface area contributed by atoms with E-state index in [1.54, 1.807) is 6.08 Å². The molecule has 1 aromatic rings. The van der Waals surface area contributed by atoms with E-state index in [4.69, 9.17) is 9.47 Å². The van der Waals surface area contributed by atoms with Crippen molar-refractivity contribution in [3.8, 4) is 11.5 Å². The van der Waals surface area contributed by atoms with Crippen LogP contribution in [0.1, 0.15) is 6.92 Å². The van der Waals surface area contributed by atoms with Gasteiger partial charge in [0.25, 0.3) is 5.69 Å². The van der Waals surface area contributed by atoms with E-state index in [1.165, 1.54) is 18.2 Å². The number of rotatable bonds is 6. The zero-order valence-electron chi connectivity index (χ0n) is 9.01. The minimum absolute atomic E-state index is 0.0254. The van der Waals surface area contributed by atoms with E-state index < -0.39 is 4.92 Å². The van der Waals surface area contributed by atoms with Gasteiger partial charge in [0, 0.05) is 6.07 Å². The van der Waals surface area contributed by atoms with Crippen molar-refractivity contribution >= 4 is 5.69 Å². The molecule has 0 aliphatic rings. The van der Waals surface area contributed by atoms with Gasteiger partial charge in [-0.3, -0.25) is 10.1 Å². The molecule has 1 aromatic carbocycles.